The summed E-state index contributed by atoms with van der Waals surface area (Å²) in [5, 5.41) is 11.3. The maximum atomic E-state index is 11.9. The second kappa shape index (κ2) is 9.84. The lowest BCUT2D eigenvalue weighted by Gasteiger charge is -2.15. The van der Waals surface area contributed by atoms with Crippen LogP contribution in [-0.4, -0.2) is 41.8 Å². The van der Waals surface area contributed by atoms with Crippen molar-refractivity contribution in [3.63, 3.8) is 0 Å². The van der Waals surface area contributed by atoms with Crippen molar-refractivity contribution in [3.05, 3.63) is 60.5 Å². The number of amides is 1. The number of ether oxygens (including phenoxy) is 2. The molecule has 32 heavy (non-hydrogen) atoms. The summed E-state index contributed by atoms with van der Waals surface area (Å²) in [6.07, 6.45) is 2.62. The molecule has 0 saturated heterocycles. The number of carbonyl (C=O) groups excluding carboxylic acids is 1. The number of hydrogen-bond donors (Lipinski definition) is 1. The summed E-state index contributed by atoms with van der Waals surface area (Å²) in [4.78, 5) is 20.9. The van der Waals surface area contributed by atoms with Crippen LogP contribution in [-0.2, 0) is 9.63 Å². The number of aliphatic hydroxyl groups excluding tert-OH is 1. The first-order valence-corrected chi connectivity index (χ1v) is 10.5. The Morgan fingerprint density at radius 1 is 1.19 bits per heavy atom. The van der Waals surface area contributed by atoms with Crippen LogP contribution < -0.4 is 9.47 Å². The Balaban J connectivity index is 1.36. The molecule has 0 spiro atoms. The summed E-state index contributed by atoms with van der Waals surface area (Å²) in [6, 6.07) is 14.8. The molecule has 1 aliphatic carbocycles. The molecule has 1 aromatic heterocycles. The van der Waals surface area contributed by atoms with E-state index < -0.39 is 6.10 Å². The fraction of sp³-hybridized carbons (Fsp3) is 0.333. The lowest BCUT2D eigenvalue weighted by atomic mass is 10.2. The molecule has 1 N–H and O–H groups in total. The Labute approximate surface area is 186 Å². The number of carbonyl (C=O) groups is 1. The minimum atomic E-state index is -1.11. The maximum Gasteiger partial charge on any atom is 0.248 e. The summed E-state index contributed by atoms with van der Waals surface area (Å²) in [5.74, 6) is 3.02. The highest BCUT2D eigenvalue weighted by molar-refractivity contribution is 5.75. The van der Waals surface area contributed by atoms with Crippen molar-refractivity contribution in [1.82, 2.24) is 10.0 Å². The molecule has 1 saturated carbocycles. The molecule has 1 amide bonds. The molecule has 0 bridgehead atoms. The third kappa shape index (κ3) is 5.66. The van der Waals surface area contributed by atoms with E-state index in [4.69, 9.17) is 18.7 Å². The molecule has 8 nitrogen and oxygen atoms in total. The van der Waals surface area contributed by atoms with Gasteiger partial charge >= 0.3 is 0 Å². The van der Waals surface area contributed by atoms with Gasteiger partial charge in [0.15, 0.2) is 5.76 Å². The number of benzene rings is 2. The van der Waals surface area contributed by atoms with Crippen LogP contribution in [0.5, 0.6) is 17.2 Å². The molecular formula is C24H26N2O6. The summed E-state index contributed by atoms with van der Waals surface area (Å²) in [6.45, 7) is 0.752. The second-order valence-corrected chi connectivity index (χ2v) is 7.72. The van der Waals surface area contributed by atoms with Crippen molar-refractivity contribution in [3.8, 4) is 28.7 Å². The third-order valence-corrected chi connectivity index (χ3v) is 5.17. The van der Waals surface area contributed by atoms with Gasteiger partial charge in [-0.15, -0.1) is 0 Å². The predicted molar refractivity (Wildman–Crippen MR) is 116 cm³/mol. The van der Waals surface area contributed by atoms with E-state index >= 15 is 0 Å². The largest absolute Gasteiger partial charge is 0.493 e. The molecule has 0 aliphatic heterocycles. The van der Waals surface area contributed by atoms with Crippen LogP contribution in [0.25, 0.3) is 11.5 Å². The number of aromatic nitrogens is 1. The monoisotopic (exact) mass is 438 g/mol. The lowest BCUT2D eigenvalue weighted by Crippen LogP contribution is -2.26. The highest BCUT2D eigenvalue weighted by Gasteiger charge is 2.22. The van der Waals surface area contributed by atoms with E-state index in [0.29, 0.717) is 23.3 Å². The van der Waals surface area contributed by atoms with Crippen LogP contribution >= 0.6 is 0 Å². The van der Waals surface area contributed by atoms with Crippen LogP contribution in [0.3, 0.4) is 0 Å². The van der Waals surface area contributed by atoms with E-state index in [-0.39, 0.29) is 18.1 Å². The van der Waals surface area contributed by atoms with Crippen molar-refractivity contribution in [1.29, 1.82) is 0 Å². The molecule has 0 radical (unpaired) electrons. The van der Waals surface area contributed by atoms with E-state index in [0.717, 1.165) is 23.0 Å². The average Bonchev–Trinajstić information content (AvgIpc) is 3.51. The molecule has 2 aromatic carbocycles. The quantitative estimate of drug-likeness (QED) is 0.470. The minimum absolute atomic E-state index is 0.171. The van der Waals surface area contributed by atoms with Gasteiger partial charge in [0.1, 0.15) is 23.4 Å². The van der Waals surface area contributed by atoms with Crippen LogP contribution in [0, 0.1) is 5.92 Å². The van der Waals surface area contributed by atoms with Gasteiger partial charge in [0.05, 0.1) is 26.3 Å². The lowest BCUT2D eigenvalue weighted by molar-refractivity contribution is -0.171. The fourth-order valence-electron chi connectivity index (χ4n) is 3.00. The highest BCUT2D eigenvalue weighted by atomic mass is 16.7. The van der Waals surface area contributed by atoms with Crippen LogP contribution in [0.4, 0.5) is 0 Å². The first kappa shape index (κ1) is 21.9. The Hall–Kier alpha value is -3.36. The predicted octanol–water partition coefficient (Wildman–Crippen LogP) is 4.37. The van der Waals surface area contributed by atoms with Crippen LogP contribution in [0.1, 0.15) is 31.1 Å². The zero-order chi connectivity index (χ0) is 22.5. The second-order valence-electron chi connectivity index (χ2n) is 7.72. The normalized spacial score (nSPS) is 14.1. The Morgan fingerprint density at radius 3 is 2.66 bits per heavy atom. The van der Waals surface area contributed by atoms with Crippen molar-refractivity contribution in [2.75, 3.05) is 20.8 Å². The number of aliphatic hydroxyl groups is 1. The standard InChI is InChI=1S/C24H26N2O6/c1-26(29-2)23(28)13-21(27)22-14-25-24(32-22)17-8-10-18(11-9-17)31-20-5-3-4-19(12-20)30-15-16-6-7-16/h3-5,8-12,14,16,21,27H,6-7,13,15H2,1-2H3. The van der Waals surface area contributed by atoms with E-state index in [2.05, 4.69) is 4.98 Å². The van der Waals surface area contributed by atoms with Gasteiger partial charge in [-0.2, -0.15) is 0 Å². The van der Waals surface area contributed by atoms with Gasteiger partial charge < -0.3 is 19.0 Å². The van der Waals surface area contributed by atoms with Crippen LogP contribution in [0.15, 0.2) is 59.1 Å². The summed E-state index contributed by atoms with van der Waals surface area (Å²) < 4.78 is 17.4. The SMILES string of the molecule is CON(C)C(=O)CC(O)c1cnc(-c2ccc(Oc3cccc(OCC4CC4)c3)cc2)o1. The average molecular weight is 438 g/mol. The van der Waals surface area contributed by atoms with Gasteiger partial charge in [-0.1, -0.05) is 6.07 Å². The van der Waals surface area contributed by atoms with E-state index in [1.807, 2.05) is 48.5 Å². The highest BCUT2D eigenvalue weighted by Crippen LogP contribution is 2.32. The first-order chi connectivity index (χ1) is 15.5. The molecule has 4 rings (SSSR count). The molecule has 1 heterocycles. The number of oxazole rings is 1. The Bertz CT molecular complexity index is 1040. The van der Waals surface area contributed by atoms with Gasteiger partial charge in [-0.05, 0) is 55.2 Å². The van der Waals surface area contributed by atoms with Gasteiger partial charge in [-0.3, -0.25) is 9.63 Å². The summed E-state index contributed by atoms with van der Waals surface area (Å²) >= 11 is 0. The van der Waals surface area contributed by atoms with Crippen molar-refractivity contribution >= 4 is 5.91 Å². The van der Waals surface area contributed by atoms with Gasteiger partial charge in [0.25, 0.3) is 0 Å². The maximum absolute atomic E-state index is 11.9. The summed E-state index contributed by atoms with van der Waals surface area (Å²) in [5.41, 5.74) is 0.720. The van der Waals surface area contributed by atoms with Crippen molar-refractivity contribution in [2.24, 2.45) is 5.92 Å². The molecule has 1 atom stereocenters. The van der Waals surface area contributed by atoms with Gasteiger partial charge in [0.2, 0.25) is 11.8 Å². The Morgan fingerprint density at radius 2 is 1.94 bits per heavy atom. The molecule has 8 heteroatoms. The van der Waals surface area contributed by atoms with E-state index in [9.17, 15) is 9.90 Å². The fourth-order valence-corrected chi connectivity index (χ4v) is 3.00. The number of hydrogen-bond acceptors (Lipinski definition) is 7. The van der Waals surface area contributed by atoms with Crippen LogP contribution in [0.2, 0.25) is 0 Å². The molecule has 1 aliphatic rings. The number of rotatable bonds is 10. The molecule has 168 valence electrons. The summed E-state index contributed by atoms with van der Waals surface area (Å²) in [7, 11) is 2.85. The third-order valence-electron chi connectivity index (χ3n) is 5.17. The number of nitrogens with zero attached hydrogens (tertiary/aromatic N) is 2. The smallest absolute Gasteiger partial charge is 0.248 e. The van der Waals surface area contributed by atoms with Crippen molar-refractivity contribution < 1.29 is 28.6 Å². The number of hydroxylamine groups is 2. The Kier molecular flexibility index (Phi) is 6.72. The molecule has 1 fully saturated rings. The van der Waals surface area contributed by atoms with E-state index in [1.54, 1.807) is 0 Å². The van der Waals surface area contributed by atoms with Crippen molar-refractivity contribution in [2.45, 2.75) is 25.4 Å². The minimum Gasteiger partial charge on any atom is -0.493 e. The zero-order valence-electron chi connectivity index (χ0n) is 18.1. The zero-order valence-corrected chi connectivity index (χ0v) is 18.1. The molecule has 3 aromatic rings. The van der Waals surface area contributed by atoms with E-state index in [1.165, 1.54) is 33.2 Å². The molecule has 1 unspecified atom stereocenters. The molecular weight excluding hydrogens is 412 g/mol. The first-order valence-electron chi connectivity index (χ1n) is 10.5. The van der Waals surface area contributed by atoms with Gasteiger partial charge in [0, 0.05) is 18.7 Å². The topological polar surface area (TPSA) is 94.3 Å². The van der Waals surface area contributed by atoms with Gasteiger partial charge in [-0.25, -0.2) is 10.0 Å².